The summed E-state index contributed by atoms with van der Waals surface area (Å²) in [5.74, 6) is 0.523. The summed E-state index contributed by atoms with van der Waals surface area (Å²) in [7, 11) is 1.63. The molecule has 2 rings (SSSR count). The second-order valence-corrected chi connectivity index (χ2v) is 4.97. The number of methoxy groups -OCH3 is 1. The number of rotatable bonds is 7. The second kappa shape index (κ2) is 7.67. The van der Waals surface area contributed by atoms with Crippen LogP contribution in [0.3, 0.4) is 0 Å². The lowest BCUT2D eigenvalue weighted by Gasteiger charge is -2.15. The SMILES string of the molecule is CO[C@@H](CNC(=O)COc1ccccc1)c1ccsc1. The molecule has 0 spiro atoms. The molecule has 1 N–H and O–H groups in total. The van der Waals surface area contributed by atoms with Crippen LogP contribution in [0.4, 0.5) is 0 Å². The van der Waals surface area contributed by atoms with Gasteiger partial charge in [0.2, 0.25) is 0 Å². The minimum Gasteiger partial charge on any atom is -0.484 e. The van der Waals surface area contributed by atoms with Crippen LogP contribution in [-0.2, 0) is 9.53 Å². The van der Waals surface area contributed by atoms with Crippen molar-refractivity contribution in [3.63, 3.8) is 0 Å². The highest BCUT2D eigenvalue weighted by Crippen LogP contribution is 2.18. The molecule has 5 heteroatoms. The lowest BCUT2D eigenvalue weighted by Crippen LogP contribution is -2.32. The minimum absolute atomic E-state index is 0.00405. The summed E-state index contributed by atoms with van der Waals surface area (Å²) in [6.07, 6.45) is -0.123. The quantitative estimate of drug-likeness (QED) is 0.853. The van der Waals surface area contributed by atoms with Gasteiger partial charge in [0.15, 0.2) is 6.61 Å². The van der Waals surface area contributed by atoms with E-state index in [-0.39, 0.29) is 18.6 Å². The summed E-state index contributed by atoms with van der Waals surface area (Å²) in [5, 5.41) is 6.81. The molecule has 1 aromatic carbocycles. The monoisotopic (exact) mass is 291 g/mol. The molecule has 2 aromatic rings. The Kier molecular flexibility index (Phi) is 5.58. The van der Waals surface area contributed by atoms with E-state index in [4.69, 9.17) is 9.47 Å². The van der Waals surface area contributed by atoms with E-state index in [9.17, 15) is 4.79 Å². The summed E-state index contributed by atoms with van der Waals surface area (Å²) in [6, 6.07) is 11.3. The van der Waals surface area contributed by atoms with Crippen molar-refractivity contribution in [3.8, 4) is 5.75 Å². The first-order valence-corrected chi connectivity index (χ1v) is 7.23. The molecule has 0 saturated carbocycles. The van der Waals surface area contributed by atoms with Crippen LogP contribution in [0.5, 0.6) is 5.75 Å². The molecule has 1 heterocycles. The Morgan fingerprint density at radius 3 is 2.75 bits per heavy atom. The van der Waals surface area contributed by atoms with Crippen LogP contribution in [0.2, 0.25) is 0 Å². The predicted octanol–water partition coefficient (Wildman–Crippen LogP) is 2.63. The topological polar surface area (TPSA) is 47.6 Å². The third kappa shape index (κ3) is 4.36. The standard InChI is InChI=1S/C15H17NO3S/c1-18-14(12-7-8-20-11-12)9-16-15(17)10-19-13-5-3-2-4-6-13/h2-8,11,14H,9-10H2,1H3,(H,16,17)/t14-/m0/s1. The van der Waals surface area contributed by atoms with Crippen LogP contribution >= 0.6 is 11.3 Å². The fourth-order valence-corrected chi connectivity index (χ4v) is 2.42. The molecule has 1 aromatic heterocycles. The van der Waals surface area contributed by atoms with Gasteiger partial charge in [0.05, 0.1) is 0 Å². The van der Waals surface area contributed by atoms with Crippen molar-refractivity contribution in [3.05, 3.63) is 52.7 Å². The summed E-state index contributed by atoms with van der Waals surface area (Å²) < 4.78 is 10.7. The van der Waals surface area contributed by atoms with Crippen molar-refractivity contribution in [2.45, 2.75) is 6.10 Å². The highest BCUT2D eigenvalue weighted by molar-refractivity contribution is 7.07. The Labute approximate surface area is 122 Å². The van der Waals surface area contributed by atoms with Gasteiger partial charge in [0.1, 0.15) is 11.9 Å². The molecule has 106 valence electrons. The van der Waals surface area contributed by atoms with Gasteiger partial charge in [0.25, 0.3) is 5.91 Å². The smallest absolute Gasteiger partial charge is 0.258 e. The van der Waals surface area contributed by atoms with Gasteiger partial charge in [-0.1, -0.05) is 18.2 Å². The van der Waals surface area contributed by atoms with Crippen molar-refractivity contribution < 1.29 is 14.3 Å². The minimum atomic E-state index is -0.161. The largest absolute Gasteiger partial charge is 0.484 e. The maximum atomic E-state index is 11.7. The fourth-order valence-electron chi connectivity index (χ4n) is 1.72. The molecular formula is C15H17NO3S. The summed E-state index contributed by atoms with van der Waals surface area (Å²) in [4.78, 5) is 11.7. The van der Waals surface area contributed by atoms with E-state index in [0.717, 1.165) is 5.56 Å². The highest BCUT2D eigenvalue weighted by atomic mass is 32.1. The number of amides is 1. The lowest BCUT2D eigenvalue weighted by atomic mass is 10.2. The third-order valence-electron chi connectivity index (χ3n) is 2.80. The molecule has 0 aliphatic heterocycles. The molecule has 0 saturated heterocycles. The average Bonchev–Trinajstić information content (AvgIpc) is 3.01. The molecule has 1 amide bonds. The van der Waals surface area contributed by atoms with E-state index >= 15 is 0 Å². The Morgan fingerprint density at radius 1 is 1.30 bits per heavy atom. The third-order valence-corrected chi connectivity index (χ3v) is 3.50. The number of hydrogen-bond donors (Lipinski definition) is 1. The van der Waals surface area contributed by atoms with Crippen molar-refractivity contribution in [2.75, 3.05) is 20.3 Å². The number of carbonyl (C=O) groups excluding carboxylic acids is 1. The van der Waals surface area contributed by atoms with Crippen LogP contribution in [0.15, 0.2) is 47.2 Å². The zero-order valence-electron chi connectivity index (χ0n) is 11.2. The first kappa shape index (κ1) is 14.6. The molecule has 0 unspecified atom stereocenters. The number of thiophene rings is 1. The lowest BCUT2D eigenvalue weighted by molar-refractivity contribution is -0.123. The summed E-state index contributed by atoms with van der Waals surface area (Å²) in [6.45, 7) is 0.439. The Morgan fingerprint density at radius 2 is 2.10 bits per heavy atom. The maximum absolute atomic E-state index is 11.7. The van der Waals surface area contributed by atoms with Crippen LogP contribution in [0.1, 0.15) is 11.7 Å². The van der Waals surface area contributed by atoms with E-state index < -0.39 is 0 Å². The van der Waals surface area contributed by atoms with Gasteiger partial charge in [-0.05, 0) is 34.5 Å². The molecule has 20 heavy (non-hydrogen) atoms. The van der Waals surface area contributed by atoms with E-state index in [1.807, 2.05) is 47.2 Å². The van der Waals surface area contributed by atoms with Gasteiger partial charge < -0.3 is 14.8 Å². The van der Waals surface area contributed by atoms with Gasteiger partial charge in [0, 0.05) is 13.7 Å². The van der Waals surface area contributed by atoms with E-state index in [1.165, 1.54) is 0 Å². The summed E-state index contributed by atoms with van der Waals surface area (Å²) >= 11 is 1.61. The van der Waals surface area contributed by atoms with Gasteiger partial charge in [-0.25, -0.2) is 0 Å². The number of ether oxygens (including phenoxy) is 2. The second-order valence-electron chi connectivity index (χ2n) is 4.19. The zero-order valence-corrected chi connectivity index (χ0v) is 12.1. The van der Waals surface area contributed by atoms with Gasteiger partial charge in [-0.2, -0.15) is 11.3 Å². The number of nitrogens with one attached hydrogen (secondary N) is 1. The molecule has 0 aliphatic rings. The van der Waals surface area contributed by atoms with E-state index in [0.29, 0.717) is 12.3 Å². The number of hydrogen-bond acceptors (Lipinski definition) is 4. The number of para-hydroxylation sites is 1. The van der Waals surface area contributed by atoms with Gasteiger partial charge in [-0.15, -0.1) is 0 Å². The van der Waals surface area contributed by atoms with Crippen molar-refractivity contribution in [2.24, 2.45) is 0 Å². The van der Waals surface area contributed by atoms with Gasteiger partial charge in [-0.3, -0.25) is 4.79 Å². The predicted molar refractivity (Wildman–Crippen MR) is 79.0 cm³/mol. The van der Waals surface area contributed by atoms with Crippen LogP contribution in [0.25, 0.3) is 0 Å². The Balaban J connectivity index is 1.74. The van der Waals surface area contributed by atoms with Crippen molar-refractivity contribution in [1.82, 2.24) is 5.32 Å². The van der Waals surface area contributed by atoms with Crippen molar-refractivity contribution in [1.29, 1.82) is 0 Å². The molecule has 1 atom stereocenters. The van der Waals surface area contributed by atoms with Gasteiger partial charge >= 0.3 is 0 Å². The highest BCUT2D eigenvalue weighted by Gasteiger charge is 2.12. The first-order chi connectivity index (χ1) is 9.79. The van der Waals surface area contributed by atoms with E-state index in [2.05, 4.69) is 5.32 Å². The molecule has 0 radical (unpaired) electrons. The number of benzene rings is 1. The van der Waals surface area contributed by atoms with E-state index in [1.54, 1.807) is 18.4 Å². The average molecular weight is 291 g/mol. The molecule has 0 aliphatic carbocycles. The Bertz CT molecular complexity index is 513. The zero-order chi connectivity index (χ0) is 14.2. The molecule has 0 fully saturated rings. The van der Waals surface area contributed by atoms with Crippen LogP contribution in [0, 0.1) is 0 Å². The first-order valence-electron chi connectivity index (χ1n) is 6.29. The Hall–Kier alpha value is -1.85. The fraction of sp³-hybridized carbons (Fsp3) is 0.267. The summed E-state index contributed by atoms with van der Waals surface area (Å²) in [5.41, 5.74) is 1.07. The molecule has 4 nitrogen and oxygen atoms in total. The maximum Gasteiger partial charge on any atom is 0.258 e. The van der Waals surface area contributed by atoms with Crippen LogP contribution in [-0.4, -0.2) is 26.2 Å². The van der Waals surface area contributed by atoms with Crippen molar-refractivity contribution >= 4 is 17.2 Å². The normalized spacial score (nSPS) is 11.8. The molecule has 0 bridgehead atoms. The number of carbonyl (C=O) groups is 1. The van der Waals surface area contributed by atoms with Crippen LogP contribution < -0.4 is 10.1 Å². The molecular weight excluding hydrogens is 274 g/mol.